The first kappa shape index (κ1) is 24.7. The Morgan fingerprint density at radius 1 is 1.03 bits per heavy atom. The Kier molecular flexibility index (Phi) is 9.72. The van der Waals surface area contributed by atoms with Crippen LogP contribution >= 0.6 is 0 Å². The molecule has 7 nitrogen and oxygen atoms in total. The van der Waals surface area contributed by atoms with Gasteiger partial charge in [-0.3, -0.25) is 14.5 Å². The lowest BCUT2D eigenvalue weighted by atomic mass is 9.96. The molecule has 3 rings (SSSR count). The van der Waals surface area contributed by atoms with Crippen LogP contribution in [0.3, 0.4) is 0 Å². The van der Waals surface area contributed by atoms with Crippen LogP contribution in [0.25, 0.3) is 0 Å². The van der Waals surface area contributed by atoms with Gasteiger partial charge in [0.05, 0.1) is 18.3 Å². The molecule has 33 heavy (non-hydrogen) atoms. The summed E-state index contributed by atoms with van der Waals surface area (Å²) in [5.41, 5.74) is 0.641. The van der Waals surface area contributed by atoms with E-state index in [1.807, 2.05) is 68.4 Å². The van der Waals surface area contributed by atoms with Crippen LogP contribution < -0.4 is 15.4 Å². The minimum atomic E-state index is -0.0906. The number of carbonyl (C=O) groups excluding carboxylic acids is 2. The highest BCUT2D eigenvalue weighted by atomic mass is 16.5. The molecule has 7 heteroatoms. The first-order valence-corrected chi connectivity index (χ1v) is 11.7. The summed E-state index contributed by atoms with van der Waals surface area (Å²) in [5, 5.41) is 5.97. The second-order valence-electron chi connectivity index (χ2n) is 8.57. The summed E-state index contributed by atoms with van der Waals surface area (Å²) in [6.45, 7) is 7.05. The maximum atomic E-state index is 12.7. The van der Waals surface area contributed by atoms with E-state index in [1.54, 1.807) is 0 Å². The van der Waals surface area contributed by atoms with Crippen molar-refractivity contribution < 1.29 is 19.1 Å². The summed E-state index contributed by atoms with van der Waals surface area (Å²) in [6, 6.07) is 16.9. The highest BCUT2D eigenvalue weighted by Crippen LogP contribution is 2.29. The number of amides is 2. The second-order valence-corrected chi connectivity index (χ2v) is 8.57. The van der Waals surface area contributed by atoms with Crippen LogP contribution in [0.1, 0.15) is 33.1 Å². The van der Waals surface area contributed by atoms with Gasteiger partial charge < -0.3 is 20.1 Å². The zero-order chi connectivity index (χ0) is 23.5. The van der Waals surface area contributed by atoms with E-state index in [2.05, 4.69) is 15.5 Å². The molecule has 0 aromatic heterocycles. The number of anilines is 1. The van der Waals surface area contributed by atoms with Crippen LogP contribution in [0.15, 0.2) is 54.6 Å². The van der Waals surface area contributed by atoms with E-state index in [0.29, 0.717) is 36.9 Å². The second kappa shape index (κ2) is 13.0. The molecule has 2 aromatic rings. The fourth-order valence-corrected chi connectivity index (χ4v) is 3.77. The molecule has 178 valence electrons. The number of carbonyl (C=O) groups is 2. The zero-order valence-electron chi connectivity index (χ0n) is 19.6. The topological polar surface area (TPSA) is 79.9 Å². The van der Waals surface area contributed by atoms with Crippen LogP contribution in [0, 0.1) is 5.92 Å². The van der Waals surface area contributed by atoms with Crippen LogP contribution in [-0.2, 0) is 14.3 Å². The van der Waals surface area contributed by atoms with Gasteiger partial charge in [0.15, 0.2) is 5.75 Å². The third kappa shape index (κ3) is 8.51. The van der Waals surface area contributed by atoms with E-state index in [1.165, 1.54) is 0 Å². The summed E-state index contributed by atoms with van der Waals surface area (Å²) in [6.07, 6.45) is 2.55. The smallest absolute Gasteiger partial charge is 0.238 e. The van der Waals surface area contributed by atoms with Crippen LogP contribution in [0.5, 0.6) is 11.5 Å². The number of likely N-dealkylation sites (tertiary alicyclic amines) is 1. The Morgan fingerprint density at radius 2 is 1.73 bits per heavy atom. The number of hydrogen-bond donors (Lipinski definition) is 2. The standard InChI is InChI=1S/C26H35N3O4/c1-20(2)32-18-8-15-27-26(31)21-13-16-29(17-14-21)19-25(30)28-23-11-6-7-12-24(23)33-22-9-4-3-5-10-22/h3-7,9-12,20-21H,8,13-19H2,1-2H3,(H,27,31)(H,28,30). The lowest BCUT2D eigenvalue weighted by Gasteiger charge is -2.30. The molecule has 1 fully saturated rings. The molecule has 0 aliphatic carbocycles. The summed E-state index contributed by atoms with van der Waals surface area (Å²) in [5.74, 6) is 1.34. The Labute approximate surface area is 196 Å². The highest BCUT2D eigenvalue weighted by Gasteiger charge is 2.25. The Bertz CT molecular complexity index is 880. The fourth-order valence-electron chi connectivity index (χ4n) is 3.77. The number of ether oxygens (including phenoxy) is 2. The van der Waals surface area contributed by atoms with Gasteiger partial charge in [-0.2, -0.15) is 0 Å². The van der Waals surface area contributed by atoms with Crippen molar-refractivity contribution in [3.8, 4) is 11.5 Å². The maximum Gasteiger partial charge on any atom is 0.238 e. The molecule has 1 saturated heterocycles. The molecular formula is C26H35N3O4. The largest absolute Gasteiger partial charge is 0.455 e. The summed E-state index contributed by atoms with van der Waals surface area (Å²) < 4.78 is 11.4. The molecule has 0 atom stereocenters. The van der Waals surface area contributed by atoms with E-state index >= 15 is 0 Å². The van der Waals surface area contributed by atoms with Gasteiger partial charge in [-0.15, -0.1) is 0 Å². The number of para-hydroxylation sites is 3. The molecule has 0 radical (unpaired) electrons. The number of nitrogens with one attached hydrogen (secondary N) is 2. The van der Waals surface area contributed by atoms with E-state index in [-0.39, 0.29) is 23.8 Å². The number of nitrogens with zero attached hydrogens (tertiary/aromatic N) is 1. The lowest BCUT2D eigenvalue weighted by molar-refractivity contribution is -0.126. The molecule has 1 aliphatic heterocycles. The first-order chi connectivity index (χ1) is 16.0. The Morgan fingerprint density at radius 3 is 2.45 bits per heavy atom. The van der Waals surface area contributed by atoms with Gasteiger partial charge in [-0.25, -0.2) is 0 Å². The van der Waals surface area contributed by atoms with E-state index in [9.17, 15) is 9.59 Å². The van der Waals surface area contributed by atoms with Gasteiger partial charge in [0.25, 0.3) is 0 Å². The van der Waals surface area contributed by atoms with Crippen LogP contribution in [0.2, 0.25) is 0 Å². The van der Waals surface area contributed by atoms with Gasteiger partial charge in [0, 0.05) is 19.1 Å². The predicted molar refractivity (Wildman–Crippen MR) is 129 cm³/mol. The van der Waals surface area contributed by atoms with Gasteiger partial charge in [0.1, 0.15) is 5.75 Å². The molecule has 1 heterocycles. The lowest BCUT2D eigenvalue weighted by Crippen LogP contribution is -2.43. The fraction of sp³-hybridized carbons (Fsp3) is 0.462. The average molecular weight is 454 g/mol. The number of piperidine rings is 1. The minimum Gasteiger partial charge on any atom is -0.455 e. The molecular weight excluding hydrogens is 418 g/mol. The van der Waals surface area contributed by atoms with Gasteiger partial charge >= 0.3 is 0 Å². The van der Waals surface area contributed by atoms with Crippen LogP contribution in [-0.4, -0.2) is 55.6 Å². The molecule has 0 unspecified atom stereocenters. The van der Waals surface area contributed by atoms with Crippen molar-refractivity contribution in [3.63, 3.8) is 0 Å². The van der Waals surface area contributed by atoms with E-state index < -0.39 is 0 Å². The Hall–Kier alpha value is -2.90. The average Bonchev–Trinajstić information content (AvgIpc) is 2.81. The van der Waals surface area contributed by atoms with E-state index in [4.69, 9.17) is 9.47 Å². The molecule has 0 saturated carbocycles. The normalized spacial score (nSPS) is 14.8. The Balaban J connectivity index is 1.40. The van der Waals surface area contributed by atoms with Crippen molar-refractivity contribution in [2.24, 2.45) is 5.92 Å². The number of benzene rings is 2. The summed E-state index contributed by atoms with van der Waals surface area (Å²) in [4.78, 5) is 27.1. The summed E-state index contributed by atoms with van der Waals surface area (Å²) >= 11 is 0. The molecule has 2 N–H and O–H groups in total. The first-order valence-electron chi connectivity index (χ1n) is 11.7. The van der Waals surface area contributed by atoms with Gasteiger partial charge in [-0.05, 0) is 70.5 Å². The van der Waals surface area contributed by atoms with Crippen molar-refractivity contribution >= 4 is 17.5 Å². The molecule has 2 amide bonds. The number of rotatable bonds is 11. The molecule has 0 spiro atoms. The van der Waals surface area contributed by atoms with Crippen LogP contribution in [0.4, 0.5) is 5.69 Å². The maximum absolute atomic E-state index is 12.7. The van der Waals surface area contributed by atoms with Gasteiger partial charge in [-0.1, -0.05) is 30.3 Å². The van der Waals surface area contributed by atoms with Crippen molar-refractivity contribution in [2.45, 2.75) is 39.2 Å². The SMILES string of the molecule is CC(C)OCCCNC(=O)C1CCN(CC(=O)Nc2ccccc2Oc2ccccc2)CC1. The highest BCUT2D eigenvalue weighted by molar-refractivity contribution is 5.93. The van der Waals surface area contributed by atoms with Crippen molar-refractivity contribution in [2.75, 3.05) is 38.1 Å². The zero-order valence-corrected chi connectivity index (χ0v) is 19.6. The minimum absolute atomic E-state index is 0.00956. The third-order valence-electron chi connectivity index (χ3n) is 5.53. The van der Waals surface area contributed by atoms with E-state index in [0.717, 1.165) is 32.4 Å². The number of hydrogen-bond acceptors (Lipinski definition) is 5. The monoisotopic (exact) mass is 453 g/mol. The molecule has 2 aromatic carbocycles. The van der Waals surface area contributed by atoms with Crippen molar-refractivity contribution in [3.05, 3.63) is 54.6 Å². The van der Waals surface area contributed by atoms with Gasteiger partial charge in [0.2, 0.25) is 11.8 Å². The molecule has 1 aliphatic rings. The molecule has 0 bridgehead atoms. The third-order valence-corrected chi connectivity index (χ3v) is 5.53. The van der Waals surface area contributed by atoms with Crippen molar-refractivity contribution in [1.82, 2.24) is 10.2 Å². The van der Waals surface area contributed by atoms with Crippen molar-refractivity contribution in [1.29, 1.82) is 0 Å². The predicted octanol–water partition coefficient (Wildman–Crippen LogP) is 4.06. The quantitative estimate of drug-likeness (QED) is 0.502. The summed E-state index contributed by atoms with van der Waals surface area (Å²) in [7, 11) is 0.